The lowest BCUT2D eigenvalue weighted by Gasteiger charge is -2.19. The van der Waals surface area contributed by atoms with Crippen LogP contribution in [-0.4, -0.2) is 43.3 Å². The Bertz CT molecular complexity index is 395. The number of methoxy groups -OCH3 is 1. The molecule has 18 heavy (non-hydrogen) atoms. The van der Waals surface area contributed by atoms with Crippen molar-refractivity contribution in [3.8, 4) is 5.75 Å². The molecule has 1 rings (SSSR count). The first-order valence-corrected chi connectivity index (χ1v) is 5.77. The van der Waals surface area contributed by atoms with Gasteiger partial charge < -0.3 is 20.3 Å². The number of ether oxygens (including phenoxy) is 1. The normalized spacial score (nSPS) is 14.0. The molecule has 0 aliphatic rings. The number of aliphatic hydroxyl groups excluding tert-OH is 2. The molecule has 2 unspecified atom stereocenters. The Kier molecular flexibility index (Phi) is 5.77. The molecule has 5 nitrogen and oxygen atoms in total. The van der Waals surface area contributed by atoms with Crippen LogP contribution >= 0.6 is 0 Å². The van der Waals surface area contributed by atoms with E-state index in [-0.39, 0.29) is 0 Å². The second-order valence-electron chi connectivity index (χ2n) is 4.02. The fourth-order valence-corrected chi connectivity index (χ4v) is 1.68. The lowest BCUT2D eigenvalue weighted by Crippen LogP contribution is -2.23. The molecule has 2 atom stereocenters. The summed E-state index contributed by atoms with van der Waals surface area (Å²) in [4.78, 5) is 10.7. The van der Waals surface area contributed by atoms with Crippen LogP contribution in [0.5, 0.6) is 5.75 Å². The van der Waals surface area contributed by atoms with Gasteiger partial charge in [-0.3, -0.25) is 4.79 Å². The van der Waals surface area contributed by atoms with Crippen LogP contribution in [-0.2, 0) is 0 Å². The smallest absolute Gasteiger partial charge is 0.153 e. The molecule has 5 heteroatoms. The standard InChI is InChI=1S/C13H19NO4/c1-14-6-5-11(16)13(17)9-3-4-10(8-15)12(7-9)18-2/h3-4,7-8,11,13-14,16-17H,5-6H2,1-2H3. The van der Waals surface area contributed by atoms with Gasteiger partial charge in [0.1, 0.15) is 11.9 Å². The van der Waals surface area contributed by atoms with Gasteiger partial charge in [-0.05, 0) is 37.7 Å². The summed E-state index contributed by atoms with van der Waals surface area (Å²) in [6, 6.07) is 4.74. The van der Waals surface area contributed by atoms with Gasteiger partial charge in [0, 0.05) is 0 Å². The van der Waals surface area contributed by atoms with Crippen LogP contribution in [0.2, 0.25) is 0 Å². The zero-order valence-electron chi connectivity index (χ0n) is 10.6. The third kappa shape index (κ3) is 3.53. The van der Waals surface area contributed by atoms with Crippen LogP contribution in [0.1, 0.15) is 28.4 Å². The highest BCUT2D eigenvalue weighted by Gasteiger charge is 2.19. The Morgan fingerprint density at radius 2 is 2.17 bits per heavy atom. The van der Waals surface area contributed by atoms with Crippen LogP contribution in [0.25, 0.3) is 0 Å². The molecule has 0 saturated carbocycles. The van der Waals surface area contributed by atoms with Gasteiger partial charge >= 0.3 is 0 Å². The first-order chi connectivity index (χ1) is 8.63. The summed E-state index contributed by atoms with van der Waals surface area (Å²) >= 11 is 0. The van der Waals surface area contributed by atoms with Crippen molar-refractivity contribution in [2.75, 3.05) is 20.7 Å². The predicted octanol–water partition coefficient (Wildman–Crippen LogP) is 0.512. The van der Waals surface area contributed by atoms with Gasteiger partial charge in [0.2, 0.25) is 0 Å². The SMILES string of the molecule is CNCCC(O)C(O)c1ccc(C=O)c(OC)c1. The van der Waals surface area contributed by atoms with E-state index in [9.17, 15) is 15.0 Å². The summed E-state index contributed by atoms with van der Waals surface area (Å²) in [6.45, 7) is 0.613. The van der Waals surface area contributed by atoms with Crippen molar-refractivity contribution in [3.63, 3.8) is 0 Å². The van der Waals surface area contributed by atoms with Crippen molar-refractivity contribution in [1.82, 2.24) is 5.32 Å². The van der Waals surface area contributed by atoms with Crippen molar-refractivity contribution in [1.29, 1.82) is 0 Å². The number of rotatable bonds is 7. The third-order valence-electron chi connectivity index (χ3n) is 2.78. The van der Waals surface area contributed by atoms with Crippen LogP contribution in [0.4, 0.5) is 0 Å². The monoisotopic (exact) mass is 253 g/mol. The van der Waals surface area contributed by atoms with Crippen LogP contribution in [0, 0.1) is 0 Å². The fourth-order valence-electron chi connectivity index (χ4n) is 1.68. The van der Waals surface area contributed by atoms with Crippen molar-refractivity contribution in [2.45, 2.75) is 18.6 Å². The minimum atomic E-state index is -0.993. The summed E-state index contributed by atoms with van der Waals surface area (Å²) < 4.78 is 5.05. The highest BCUT2D eigenvalue weighted by molar-refractivity contribution is 5.79. The average molecular weight is 253 g/mol. The van der Waals surface area contributed by atoms with Gasteiger partial charge in [-0.1, -0.05) is 6.07 Å². The van der Waals surface area contributed by atoms with Gasteiger partial charge in [0.15, 0.2) is 6.29 Å². The molecule has 0 fully saturated rings. The van der Waals surface area contributed by atoms with Gasteiger partial charge in [-0.2, -0.15) is 0 Å². The second kappa shape index (κ2) is 7.10. The summed E-state index contributed by atoms with van der Waals surface area (Å²) in [7, 11) is 3.23. The Hall–Kier alpha value is -1.43. The number of hydrogen-bond donors (Lipinski definition) is 3. The van der Waals surface area contributed by atoms with E-state index >= 15 is 0 Å². The maximum atomic E-state index is 10.7. The molecule has 0 aromatic heterocycles. The van der Waals surface area contributed by atoms with Crippen LogP contribution in [0.3, 0.4) is 0 Å². The molecular formula is C13H19NO4. The molecule has 0 aliphatic heterocycles. The number of hydrogen-bond acceptors (Lipinski definition) is 5. The fraction of sp³-hybridized carbons (Fsp3) is 0.462. The molecule has 0 amide bonds. The maximum Gasteiger partial charge on any atom is 0.153 e. The molecule has 0 aliphatic carbocycles. The number of carbonyl (C=O) groups is 1. The van der Waals surface area contributed by atoms with Crippen molar-refractivity contribution in [3.05, 3.63) is 29.3 Å². The molecule has 1 aromatic rings. The molecule has 0 heterocycles. The Morgan fingerprint density at radius 1 is 1.44 bits per heavy atom. The second-order valence-corrected chi connectivity index (χ2v) is 4.02. The highest BCUT2D eigenvalue weighted by Crippen LogP contribution is 2.25. The molecule has 0 saturated heterocycles. The third-order valence-corrected chi connectivity index (χ3v) is 2.78. The number of aldehydes is 1. The van der Waals surface area contributed by atoms with E-state index in [0.717, 1.165) is 0 Å². The zero-order chi connectivity index (χ0) is 13.5. The lowest BCUT2D eigenvalue weighted by atomic mass is 10.0. The van der Waals surface area contributed by atoms with Crippen LogP contribution < -0.4 is 10.1 Å². The van der Waals surface area contributed by atoms with Crippen molar-refractivity contribution >= 4 is 6.29 Å². The summed E-state index contributed by atoms with van der Waals surface area (Å²) in [5.74, 6) is 0.391. The predicted molar refractivity (Wildman–Crippen MR) is 67.9 cm³/mol. The van der Waals surface area contributed by atoms with Gasteiger partial charge in [-0.15, -0.1) is 0 Å². The largest absolute Gasteiger partial charge is 0.496 e. The molecule has 100 valence electrons. The molecule has 0 bridgehead atoms. The highest BCUT2D eigenvalue weighted by atomic mass is 16.5. The van der Waals surface area contributed by atoms with E-state index in [0.29, 0.717) is 36.1 Å². The molecule has 0 radical (unpaired) electrons. The van der Waals surface area contributed by atoms with E-state index in [1.807, 2.05) is 0 Å². The quantitative estimate of drug-likeness (QED) is 0.617. The number of benzene rings is 1. The summed E-state index contributed by atoms with van der Waals surface area (Å²) in [6.07, 6.45) is -0.723. The summed E-state index contributed by atoms with van der Waals surface area (Å²) in [5, 5.41) is 22.7. The zero-order valence-corrected chi connectivity index (χ0v) is 10.6. The van der Waals surface area contributed by atoms with Gasteiger partial charge in [0.25, 0.3) is 0 Å². The minimum Gasteiger partial charge on any atom is -0.496 e. The average Bonchev–Trinajstić information content (AvgIpc) is 2.42. The topological polar surface area (TPSA) is 78.8 Å². The molecule has 3 N–H and O–H groups in total. The first-order valence-electron chi connectivity index (χ1n) is 5.77. The van der Waals surface area contributed by atoms with Crippen molar-refractivity contribution < 1.29 is 19.7 Å². The van der Waals surface area contributed by atoms with Gasteiger partial charge in [0.05, 0.1) is 18.8 Å². The lowest BCUT2D eigenvalue weighted by molar-refractivity contribution is 0.0139. The Balaban J connectivity index is 2.85. The molecular weight excluding hydrogens is 234 g/mol. The van der Waals surface area contributed by atoms with Gasteiger partial charge in [-0.25, -0.2) is 0 Å². The molecule has 0 spiro atoms. The Morgan fingerprint density at radius 3 is 2.72 bits per heavy atom. The van der Waals surface area contributed by atoms with E-state index < -0.39 is 12.2 Å². The Labute approximate surface area is 106 Å². The molecule has 1 aromatic carbocycles. The van der Waals surface area contributed by atoms with E-state index in [4.69, 9.17) is 4.74 Å². The van der Waals surface area contributed by atoms with E-state index in [2.05, 4.69) is 5.32 Å². The van der Waals surface area contributed by atoms with Crippen LogP contribution in [0.15, 0.2) is 18.2 Å². The summed E-state index contributed by atoms with van der Waals surface area (Å²) in [5.41, 5.74) is 0.944. The number of carbonyl (C=O) groups excluding carboxylic acids is 1. The first kappa shape index (κ1) is 14.6. The maximum absolute atomic E-state index is 10.7. The number of nitrogens with one attached hydrogen (secondary N) is 1. The minimum absolute atomic E-state index is 0.391. The van der Waals surface area contributed by atoms with Crippen molar-refractivity contribution in [2.24, 2.45) is 0 Å². The van der Waals surface area contributed by atoms with E-state index in [1.54, 1.807) is 25.2 Å². The van der Waals surface area contributed by atoms with E-state index in [1.165, 1.54) is 7.11 Å². The number of aliphatic hydroxyl groups is 2.